The van der Waals surface area contributed by atoms with E-state index in [1.54, 1.807) is 30.6 Å². The van der Waals surface area contributed by atoms with Crippen molar-refractivity contribution in [1.82, 2.24) is 14.8 Å². The molecule has 1 unspecified atom stereocenters. The van der Waals surface area contributed by atoms with E-state index in [9.17, 15) is 9.59 Å². The third kappa shape index (κ3) is 3.64. The lowest BCUT2D eigenvalue weighted by molar-refractivity contribution is 0.0941. The summed E-state index contributed by atoms with van der Waals surface area (Å²) in [4.78, 5) is 27.0. The predicted octanol–water partition coefficient (Wildman–Crippen LogP) is 1.79. The number of nitrogens with one attached hydrogen (secondary N) is 1. The molecular weight excluding hydrogens is 298 g/mol. The van der Waals surface area contributed by atoms with Crippen molar-refractivity contribution in [2.24, 2.45) is 7.05 Å². The zero-order valence-corrected chi connectivity index (χ0v) is 14.1. The van der Waals surface area contributed by atoms with E-state index >= 15 is 0 Å². The van der Waals surface area contributed by atoms with Crippen molar-refractivity contribution >= 4 is 17.2 Å². The highest BCUT2D eigenvalue weighted by Gasteiger charge is 2.19. The third-order valence-electron chi connectivity index (χ3n) is 3.63. The minimum absolute atomic E-state index is 0.128. The summed E-state index contributed by atoms with van der Waals surface area (Å²) in [6.07, 6.45) is 1.55. The molecule has 0 saturated heterocycles. The number of likely N-dealkylation sites (N-methyl/N-ethyl adjacent to an activating group) is 1. The second-order valence-electron chi connectivity index (χ2n) is 5.52. The lowest BCUT2D eigenvalue weighted by atomic mass is 10.1. The highest BCUT2D eigenvalue weighted by atomic mass is 32.1. The van der Waals surface area contributed by atoms with E-state index in [-0.39, 0.29) is 17.5 Å². The Kier molecular flexibility index (Phi) is 5.15. The molecule has 5 nitrogen and oxygen atoms in total. The van der Waals surface area contributed by atoms with Gasteiger partial charge in [-0.25, -0.2) is 0 Å². The van der Waals surface area contributed by atoms with E-state index in [2.05, 4.69) is 28.6 Å². The quantitative estimate of drug-likeness (QED) is 0.914. The molecule has 0 bridgehead atoms. The molecule has 118 valence electrons. The average Bonchev–Trinajstić information content (AvgIpc) is 2.88. The van der Waals surface area contributed by atoms with Gasteiger partial charge in [-0.05, 0) is 44.1 Å². The fraction of sp³-hybridized carbons (Fsp3) is 0.375. The largest absolute Gasteiger partial charge is 0.350 e. The first kappa shape index (κ1) is 16.5. The van der Waals surface area contributed by atoms with Gasteiger partial charge in [0.05, 0.1) is 11.6 Å². The maximum absolute atomic E-state index is 12.2. The van der Waals surface area contributed by atoms with Crippen LogP contribution < -0.4 is 10.9 Å². The van der Waals surface area contributed by atoms with Gasteiger partial charge in [0.25, 0.3) is 5.91 Å². The number of rotatable bonds is 5. The van der Waals surface area contributed by atoms with Gasteiger partial charge in [-0.1, -0.05) is 0 Å². The Hall–Kier alpha value is -1.92. The molecule has 1 amide bonds. The van der Waals surface area contributed by atoms with Gasteiger partial charge < -0.3 is 14.8 Å². The molecule has 22 heavy (non-hydrogen) atoms. The van der Waals surface area contributed by atoms with Crippen molar-refractivity contribution < 1.29 is 4.79 Å². The van der Waals surface area contributed by atoms with E-state index in [1.165, 1.54) is 21.1 Å². The maximum atomic E-state index is 12.2. The fourth-order valence-electron chi connectivity index (χ4n) is 2.26. The van der Waals surface area contributed by atoms with Gasteiger partial charge in [-0.3, -0.25) is 9.59 Å². The Bertz CT molecular complexity index is 718. The Balaban J connectivity index is 2.09. The number of amides is 1. The first-order valence-corrected chi connectivity index (χ1v) is 7.93. The van der Waals surface area contributed by atoms with Crippen LogP contribution in [0.25, 0.3) is 0 Å². The van der Waals surface area contributed by atoms with Gasteiger partial charge in [0.1, 0.15) is 0 Å². The van der Waals surface area contributed by atoms with E-state index in [0.29, 0.717) is 12.1 Å². The molecule has 1 N–H and O–H groups in total. The van der Waals surface area contributed by atoms with Gasteiger partial charge in [0.15, 0.2) is 0 Å². The zero-order valence-electron chi connectivity index (χ0n) is 13.3. The third-order valence-corrected chi connectivity index (χ3v) is 4.75. The number of carbonyl (C=O) groups is 1. The molecule has 2 rings (SSSR count). The lowest BCUT2D eigenvalue weighted by Crippen LogP contribution is -2.35. The lowest BCUT2D eigenvalue weighted by Gasteiger charge is -2.24. The summed E-state index contributed by atoms with van der Waals surface area (Å²) in [6, 6.07) is 5.18. The van der Waals surface area contributed by atoms with Gasteiger partial charge in [-0.2, -0.15) is 0 Å². The molecule has 0 fully saturated rings. The molecule has 2 aromatic rings. The molecule has 0 aliphatic heterocycles. The molecule has 0 aliphatic carbocycles. The van der Waals surface area contributed by atoms with E-state index in [0.717, 1.165) is 0 Å². The predicted molar refractivity (Wildman–Crippen MR) is 89.5 cm³/mol. The Labute approximate surface area is 134 Å². The number of pyridine rings is 1. The van der Waals surface area contributed by atoms with E-state index in [4.69, 9.17) is 0 Å². The molecule has 6 heteroatoms. The minimum atomic E-state index is -0.170. The van der Waals surface area contributed by atoms with Crippen molar-refractivity contribution in [2.75, 3.05) is 20.6 Å². The zero-order chi connectivity index (χ0) is 16.3. The fourth-order valence-corrected chi connectivity index (χ4v) is 3.38. The van der Waals surface area contributed by atoms with Crippen molar-refractivity contribution in [3.8, 4) is 0 Å². The number of aromatic nitrogens is 1. The van der Waals surface area contributed by atoms with Crippen LogP contribution in [0.15, 0.2) is 34.6 Å². The van der Waals surface area contributed by atoms with E-state index in [1.807, 2.05) is 14.1 Å². The minimum Gasteiger partial charge on any atom is -0.350 e. The summed E-state index contributed by atoms with van der Waals surface area (Å²) in [5.74, 6) is -0.170. The standard InChI is InChI=1S/C16H21N3O2S/c1-11-7-8-22-15(11)13(18(2)3)9-17-16(21)12-5-6-14(20)19(4)10-12/h5-8,10,13H,9H2,1-4H3,(H,17,21). The molecule has 0 aliphatic rings. The van der Waals surface area contributed by atoms with Crippen LogP contribution in [0, 0.1) is 6.92 Å². The highest BCUT2D eigenvalue weighted by Crippen LogP contribution is 2.26. The SMILES string of the molecule is Cc1ccsc1C(CNC(=O)c1ccc(=O)n(C)c1)N(C)C. The van der Waals surface area contributed by atoms with Crippen LogP contribution in [0.4, 0.5) is 0 Å². The summed E-state index contributed by atoms with van der Waals surface area (Å²) < 4.78 is 1.40. The number of hydrogen-bond acceptors (Lipinski definition) is 4. The summed E-state index contributed by atoms with van der Waals surface area (Å²) in [5.41, 5.74) is 1.60. The van der Waals surface area contributed by atoms with Crippen molar-refractivity contribution in [1.29, 1.82) is 0 Å². The van der Waals surface area contributed by atoms with Crippen LogP contribution in [-0.4, -0.2) is 36.0 Å². The van der Waals surface area contributed by atoms with Gasteiger partial charge in [-0.15, -0.1) is 11.3 Å². The van der Waals surface area contributed by atoms with Crippen LogP contribution in [0.1, 0.15) is 26.8 Å². The van der Waals surface area contributed by atoms with Crippen LogP contribution in [0.5, 0.6) is 0 Å². The Morgan fingerprint density at radius 2 is 2.09 bits per heavy atom. The number of aryl methyl sites for hydroxylation is 2. The monoisotopic (exact) mass is 319 g/mol. The molecule has 0 spiro atoms. The Morgan fingerprint density at radius 1 is 1.36 bits per heavy atom. The van der Waals surface area contributed by atoms with Crippen LogP contribution >= 0.6 is 11.3 Å². The van der Waals surface area contributed by atoms with Gasteiger partial charge >= 0.3 is 0 Å². The second kappa shape index (κ2) is 6.89. The molecule has 0 radical (unpaired) electrons. The van der Waals surface area contributed by atoms with Crippen molar-refractivity contribution in [3.63, 3.8) is 0 Å². The second-order valence-corrected chi connectivity index (χ2v) is 6.47. The number of thiophene rings is 1. The first-order chi connectivity index (χ1) is 10.4. The smallest absolute Gasteiger partial charge is 0.252 e. The summed E-state index contributed by atoms with van der Waals surface area (Å²) >= 11 is 1.70. The Morgan fingerprint density at radius 3 is 2.64 bits per heavy atom. The first-order valence-electron chi connectivity index (χ1n) is 7.05. The van der Waals surface area contributed by atoms with Crippen LogP contribution in [-0.2, 0) is 7.05 Å². The summed E-state index contributed by atoms with van der Waals surface area (Å²) in [6.45, 7) is 2.60. The molecular formula is C16H21N3O2S. The molecule has 0 saturated carbocycles. The van der Waals surface area contributed by atoms with Crippen molar-refractivity contribution in [3.05, 3.63) is 56.1 Å². The van der Waals surface area contributed by atoms with E-state index < -0.39 is 0 Å². The normalized spacial score (nSPS) is 12.4. The number of hydrogen-bond donors (Lipinski definition) is 1. The van der Waals surface area contributed by atoms with Gasteiger partial charge in [0, 0.05) is 30.7 Å². The van der Waals surface area contributed by atoms with Crippen LogP contribution in [0.2, 0.25) is 0 Å². The molecule has 0 aromatic carbocycles. The van der Waals surface area contributed by atoms with Crippen LogP contribution in [0.3, 0.4) is 0 Å². The molecule has 2 aromatic heterocycles. The topological polar surface area (TPSA) is 54.3 Å². The molecule has 1 atom stereocenters. The highest BCUT2D eigenvalue weighted by molar-refractivity contribution is 7.10. The maximum Gasteiger partial charge on any atom is 0.252 e. The number of carbonyl (C=O) groups excluding carboxylic acids is 1. The molecule has 2 heterocycles. The summed E-state index contributed by atoms with van der Waals surface area (Å²) in [5, 5.41) is 5.02. The van der Waals surface area contributed by atoms with Crippen molar-refractivity contribution in [2.45, 2.75) is 13.0 Å². The number of nitrogens with zero attached hydrogens (tertiary/aromatic N) is 2. The average molecular weight is 319 g/mol. The van der Waals surface area contributed by atoms with Gasteiger partial charge in [0.2, 0.25) is 5.56 Å². The summed E-state index contributed by atoms with van der Waals surface area (Å²) in [7, 11) is 5.64.